The zero-order valence-electron chi connectivity index (χ0n) is 13.3. The van der Waals surface area contributed by atoms with Gasteiger partial charge in [-0.1, -0.05) is 37.3 Å². The van der Waals surface area contributed by atoms with Crippen LogP contribution in [-0.2, 0) is 4.74 Å². The predicted octanol–water partition coefficient (Wildman–Crippen LogP) is 2.35. The van der Waals surface area contributed by atoms with E-state index in [0.717, 1.165) is 11.3 Å². The molecule has 0 spiro atoms. The third-order valence-electron chi connectivity index (χ3n) is 3.31. The molecular formula is C15H15N5O3S. The van der Waals surface area contributed by atoms with E-state index in [2.05, 4.69) is 20.6 Å². The summed E-state index contributed by atoms with van der Waals surface area (Å²) in [6.07, 6.45) is 0. The predicted molar refractivity (Wildman–Crippen MR) is 88.5 cm³/mol. The fourth-order valence-electron chi connectivity index (χ4n) is 2.14. The van der Waals surface area contributed by atoms with Crippen molar-refractivity contribution in [2.24, 2.45) is 0 Å². The number of benzene rings is 1. The molecule has 0 radical (unpaired) electrons. The van der Waals surface area contributed by atoms with E-state index in [1.54, 1.807) is 28.8 Å². The minimum absolute atomic E-state index is 0.137. The summed E-state index contributed by atoms with van der Waals surface area (Å²) in [6.45, 7) is 3.95. The Kier molecular flexibility index (Phi) is 4.26. The first kappa shape index (κ1) is 16.1. The van der Waals surface area contributed by atoms with Crippen LogP contribution in [0.3, 0.4) is 0 Å². The molecule has 124 valence electrons. The highest BCUT2D eigenvalue weighted by Crippen LogP contribution is 2.21. The summed E-state index contributed by atoms with van der Waals surface area (Å²) >= 11 is 1.13. The quantitative estimate of drug-likeness (QED) is 0.729. The molecule has 0 bridgehead atoms. The van der Waals surface area contributed by atoms with Crippen molar-refractivity contribution in [1.29, 1.82) is 0 Å². The molecule has 24 heavy (non-hydrogen) atoms. The maximum Gasteiger partial charge on any atom is 0.339 e. The molecule has 1 N–H and O–H groups in total. The topological polar surface area (TPSA) is 98.5 Å². The number of esters is 1. The van der Waals surface area contributed by atoms with Crippen LogP contribution in [0.2, 0.25) is 0 Å². The van der Waals surface area contributed by atoms with Crippen molar-refractivity contribution in [2.45, 2.75) is 19.8 Å². The third kappa shape index (κ3) is 2.85. The Labute approximate surface area is 141 Å². The second-order valence-corrected chi connectivity index (χ2v) is 6.26. The van der Waals surface area contributed by atoms with Gasteiger partial charge < -0.3 is 10.1 Å². The van der Waals surface area contributed by atoms with Crippen molar-refractivity contribution < 1.29 is 14.3 Å². The van der Waals surface area contributed by atoms with Crippen molar-refractivity contribution in [3.63, 3.8) is 0 Å². The number of para-hydroxylation sites is 1. The van der Waals surface area contributed by atoms with Gasteiger partial charge in [0.05, 0.1) is 18.4 Å². The molecule has 2 heterocycles. The first-order valence-corrected chi connectivity index (χ1v) is 8.03. The molecule has 0 saturated heterocycles. The van der Waals surface area contributed by atoms with Crippen molar-refractivity contribution >= 4 is 33.9 Å². The Hall–Kier alpha value is -2.81. The Bertz CT molecular complexity index is 915. The first-order chi connectivity index (χ1) is 11.5. The van der Waals surface area contributed by atoms with Gasteiger partial charge in [-0.3, -0.25) is 4.79 Å². The van der Waals surface area contributed by atoms with Crippen LogP contribution >= 0.6 is 11.3 Å². The number of rotatable bonds is 4. The Balaban J connectivity index is 1.90. The van der Waals surface area contributed by atoms with Gasteiger partial charge in [-0.15, -0.1) is 15.3 Å². The van der Waals surface area contributed by atoms with Crippen LogP contribution in [0.15, 0.2) is 24.3 Å². The number of nitrogens with zero attached hydrogens (tertiary/aromatic N) is 4. The third-order valence-corrected chi connectivity index (χ3v) is 4.20. The van der Waals surface area contributed by atoms with Gasteiger partial charge in [0.2, 0.25) is 9.97 Å². The van der Waals surface area contributed by atoms with E-state index in [1.807, 2.05) is 13.8 Å². The number of nitrogens with one attached hydrogen (secondary N) is 1. The number of methoxy groups -OCH3 is 1. The highest BCUT2D eigenvalue weighted by Gasteiger charge is 2.20. The monoisotopic (exact) mass is 345 g/mol. The molecule has 0 aliphatic carbocycles. The second-order valence-electron chi connectivity index (χ2n) is 5.31. The van der Waals surface area contributed by atoms with Gasteiger partial charge in [-0.25, -0.2) is 4.79 Å². The molecule has 2 aromatic heterocycles. The van der Waals surface area contributed by atoms with Crippen LogP contribution in [0.1, 0.15) is 45.7 Å². The standard InChI is InChI=1S/C15H15N5O3S/c1-8(2)11-17-18-15-20(11)19-13(24-15)12(21)16-10-7-5-4-6-9(10)14(22)23-3/h4-8H,1-3H3,(H,16,21). The van der Waals surface area contributed by atoms with Gasteiger partial charge in [-0.2, -0.15) is 4.52 Å². The maximum absolute atomic E-state index is 12.4. The van der Waals surface area contributed by atoms with E-state index in [9.17, 15) is 9.59 Å². The minimum atomic E-state index is -0.522. The number of ether oxygens (including phenoxy) is 1. The fraction of sp³-hybridized carbons (Fsp3) is 0.267. The molecule has 3 rings (SSSR count). The van der Waals surface area contributed by atoms with Crippen LogP contribution in [-0.4, -0.2) is 38.8 Å². The maximum atomic E-state index is 12.4. The number of aromatic nitrogens is 4. The molecule has 0 aliphatic rings. The Morgan fingerprint density at radius 2 is 2.00 bits per heavy atom. The summed E-state index contributed by atoms with van der Waals surface area (Å²) in [6, 6.07) is 6.62. The van der Waals surface area contributed by atoms with Crippen LogP contribution in [0.5, 0.6) is 0 Å². The fourth-order valence-corrected chi connectivity index (χ4v) is 2.88. The molecule has 0 saturated carbocycles. The van der Waals surface area contributed by atoms with Gasteiger partial charge in [0, 0.05) is 5.92 Å². The number of hydrogen-bond donors (Lipinski definition) is 1. The summed E-state index contributed by atoms with van der Waals surface area (Å²) in [4.78, 5) is 24.8. The zero-order chi connectivity index (χ0) is 17.3. The normalized spacial score (nSPS) is 11.0. The summed E-state index contributed by atoms with van der Waals surface area (Å²) in [5.74, 6) is -0.115. The molecule has 0 aliphatic heterocycles. The van der Waals surface area contributed by atoms with Crippen LogP contribution in [0, 0.1) is 0 Å². The van der Waals surface area contributed by atoms with Crippen LogP contribution in [0.25, 0.3) is 4.96 Å². The van der Waals surface area contributed by atoms with Crippen LogP contribution < -0.4 is 5.32 Å². The van der Waals surface area contributed by atoms with E-state index < -0.39 is 11.9 Å². The Morgan fingerprint density at radius 1 is 1.25 bits per heavy atom. The average molecular weight is 345 g/mol. The van der Waals surface area contributed by atoms with Gasteiger partial charge >= 0.3 is 5.97 Å². The van der Waals surface area contributed by atoms with Gasteiger partial charge in [-0.05, 0) is 12.1 Å². The molecule has 1 amide bonds. The van der Waals surface area contributed by atoms with Crippen molar-refractivity contribution in [2.75, 3.05) is 12.4 Å². The zero-order valence-corrected chi connectivity index (χ0v) is 14.1. The van der Waals surface area contributed by atoms with Gasteiger partial charge in [0.1, 0.15) is 0 Å². The summed E-state index contributed by atoms with van der Waals surface area (Å²) in [5, 5.41) is 15.3. The van der Waals surface area contributed by atoms with E-state index in [4.69, 9.17) is 4.74 Å². The lowest BCUT2D eigenvalue weighted by molar-refractivity contribution is 0.0602. The molecule has 0 unspecified atom stereocenters. The number of amides is 1. The second kappa shape index (κ2) is 6.36. The van der Waals surface area contributed by atoms with E-state index in [-0.39, 0.29) is 16.5 Å². The molecule has 1 aromatic carbocycles. The lowest BCUT2D eigenvalue weighted by Crippen LogP contribution is -2.15. The van der Waals surface area contributed by atoms with E-state index in [1.165, 1.54) is 7.11 Å². The van der Waals surface area contributed by atoms with Crippen LogP contribution in [0.4, 0.5) is 5.69 Å². The van der Waals surface area contributed by atoms with Crippen molar-refractivity contribution in [3.05, 3.63) is 40.7 Å². The lowest BCUT2D eigenvalue weighted by atomic mass is 10.2. The van der Waals surface area contributed by atoms with Crippen molar-refractivity contribution in [1.82, 2.24) is 19.8 Å². The Morgan fingerprint density at radius 3 is 2.71 bits per heavy atom. The molecule has 0 atom stereocenters. The van der Waals surface area contributed by atoms with E-state index in [0.29, 0.717) is 16.5 Å². The lowest BCUT2D eigenvalue weighted by Gasteiger charge is -2.08. The van der Waals surface area contributed by atoms with Gasteiger partial charge in [0.15, 0.2) is 5.82 Å². The van der Waals surface area contributed by atoms with E-state index >= 15 is 0 Å². The molecule has 9 heteroatoms. The molecule has 0 fully saturated rings. The van der Waals surface area contributed by atoms with Crippen molar-refractivity contribution in [3.8, 4) is 0 Å². The number of carbonyl (C=O) groups excluding carboxylic acids is 2. The SMILES string of the molecule is COC(=O)c1ccccc1NC(=O)c1nn2c(C(C)C)nnc2s1. The summed E-state index contributed by atoms with van der Waals surface area (Å²) < 4.78 is 6.28. The summed E-state index contributed by atoms with van der Waals surface area (Å²) in [5.41, 5.74) is 0.642. The number of fused-ring (bicyclic) bond motifs is 1. The highest BCUT2D eigenvalue weighted by atomic mass is 32.1. The van der Waals surface area contributed by atoms with Gasteiger partial charge in [0.25, 0.3) is 5.91 Å². The number of carbonyl (C=O) groups is 2. The number of hydrogen-bond acceptors (Lipinski definition) is 7. The summed E-state index contributed by atoms with van der Waals surface area (Å²) in [7, 11) is 1.29. The molecule has 8 nitrogen and oxygen atoms in total. The minimum Gasteiger partial charge on any atom is -0.465 e. The molecule has 3 aromatic rings. The highest BCUT2D eigenvalue weighted by molar-refractivity contribution is 7.18. The number of anilines is 1. The smallest absolute Gasteiger partial charge is 0.339 e. The first-order valence-electron chi connectivity index (χ1n) is 7.22. The molecular weight excluding hydrogens is 330 g/mol. The average Bonchev–Trinajstić information content (AvgIpc) is 3.14. The largest absolute Gasteiger partial charge is 0.465 e.